The second kappa shape index (κ2) is 5.11. The molecule has 1 rings (SSSR count). The third kappa shape index (κ3) is 3.85. The van der Waals surface area contributed by atoms with Gasteiger partial charge in [-0.3, -0.25) is 0 Å². The van der Waals surface area contributed by atoms with Crippen LogP contribution in [0.1, 0.15) is 11.1 Å². The van der Waals surface area contributed by atoms with E-state index in [-0.39, 0.29) is 19.0 Å². The van der Waals surface area contributed by atoms with E-state index in [0.29, 0.717) is 12.1 Å². The molecule has 8 heteroatoms. The average Bonchev–Trinajstić information content (AvgIpc) is 2.23. The molecular formula is C10H7BF6O. The van der Waals surface area contributed by atoms with Gasteiger partial charge >= 0.3 is 12.4 Å². The first-order valence-corrected chi connectivity index (χ1v) is 4.77. The third-order valence-electron chi connectivity index (χ3n) is 1.95. The first kappa shape index (κ1) is 14.7. The van der Waals surface area contributed by atoms with E-state index in [1.165, 1.54) is 0 Å². The Morgan fingerprint density at radius 3 is 1.67 bits per heavy atom. The summed E-state index contributed by atoms with van der Waals surface area (Å²) < 4.78 is 79.2. The maximum Gasteiger partial charge on any atom is 0.416 e. The summed E-state index contributed by atoms with van der Waals surface area (Å²) in [6.07, 6.45) is -9.76. The minimum atomic E-state index is -4.87. The summed E-state index contributed by atoms with van der Waals surface area (Å²) in [6, 6.07) is 1.05. The maximum atomic E-state index is 12.4. The zero-order valence-electron chi connectivity index (χ0n) is 8.90. The average molecular weight is 268 g/mol. The topological polar surface area (TPSA) is 9.23 Å². The van der Waals surface area contributed by atoms with Crippen molar-refractivity contribution in [1.82, 2.24) is 0 Å². The summed E-state index contributed by atoms with van der Waals surface area (Å²) in [5.41, 5.74) is -2.83. The van der Waals surface area contributed by atoms with Crippen molar-refractivity contribution in [3.05, 3.63) is 29.3 Å². The SMILES string of the molecule is [B]CCOc1cc(C(F)(F)F)cc(C(F)(F)F)c1. The van der Waals surface area contributed by atoms with Gasteiger partial charge in [-0.1, -0.05) is 6.32 Å². The highest BCUT2D eigenvalue weighted by Gasteiger charge is 2.37. The van der Waals surface area contributed by atoms with E-state index in [2.05, 4.69) is 0 Å². The second-order valence-corrected chi connectivity index (χ2v) is 3.38. The standard InChI is InChI=1S/C10H7BF6O/c11-1-2-18-8-4-6(9(12,13)14)3-7(5-8)10(15,16)17/h3-5H,1-2H2. The van der Waals surface area contributed by atoms with E-state index in [9.17, 15) is 26.3 Å². The highest BCUT2D eigenvalue weighted by Crippen LogP contribution is 2.38. The lowest BCUT2D eigenvalue weighted by Gasteiger charge is -2.14. The van der Waals surface area contributed by atoms with Gasteiger partial charge in [0.25, 0.3) is 0 Å². The molecule has 0 spiro atoms. The number of hydrogen-bond donors (Lipinski definition) is 0. The smallest absolute Gasteiger partial charge is 0.416 e. The molecule has 0 aromatic heterocycles. The van der Waals surface area contributed by atoms with Gasteiger partial charge < -0.3 is 4.74 Å². The molecule has 98 valence electrons. The lowest BCUT2D eigenvalue weighted by atomic mass is 10.1. The Morgan fingerprint density at radius 2 is 1.33 bits per heavy atom. The van der Waals surface area contributed by atoms with Crippen molar-refractivity contribution in [2.24, 2.45) is 0 Å². The van der Waals surface area contributed by atoms with Crippen molar-refractivity contribution in [1.29, 1.82) is 0 Å². The second-order valence-electron chi connectivity index (χ2n) is 3.38. The van der Waals surface area contributed by atoms with E-state index in [1.807, 2.05) is 0 Å². The molecule has 0 amide bonds. The third-order valence-corrected chi connectivity index (χ3v) is 1.95. The van der Waals surface area contributed by atoms with Crippen LogP contribution in [0.4, 0.5) is 26.3 Å². The number of ether oxygens (including phenoxy) is 1. The predicted molar refractivity (Wildman–Crippen MR) is 52.5 cm³/mol. The molecule has 0 atom stereocenters. The highest BCUT2D eigenvalue weighted by atomic mass is 19.4. The molecule has 0 saturated carbocycles. The molecule has 0 aliphatic rings. The highest BCUT2D eigenvalue weighted by molar-refractivity contribution is 6.08. The minimum Gasteiger partial charge on any atom is -0.494 e. The summed E-state index contributed by atoms with van der Waals surface area (Å²) in [4.78, 5) is 0. The Kier molecular flexibility index (Phi) is 4.18. The van der Waals surface area contributed by atoms with E-state index in [4.69, 9.17) is 12.6 Å². The number of alkyl halides is 6. The molecule has 0 N–H and O–H groups in total. The molecule has 0 aliphatic heterocycles. The lowest BCUT2D eigenvalue weighted by molar-refractivity contribution is -0.143. The molecule has 0 heterocycles. The van der Waals surface area contributed by atoms with Gasteiger partial charge in [-0.15, -0.1) is 0 Å². The fourth-order valence-electron chi connectivity index (χ4n) is 1.19. The number of rotatable bonds is 3. The molecule has 0 aliphatic carbocycles. The first-order chi connectivity index (χ1) is 8.14. The number of hydrogen-bond acceptors (Lipinski definition) is 1. The molecule has 1 nitrogen and oxygen atoms in total. The molecular weight excluding hydrogens is 261 g/mol. The van der Waals surface area contributed by atoms with Crippen LogP contribution >= 0.6 is 0 Å². The van der Waals surface area contributed by atoms with E-state index < -0.39 is 29.2 Å². The molecule has 0 saturated heterocycles. The van der Waals surface area contributed by atoms with Crippen molar-refractivity contribution in [2.45, 2.75) is 18.7 Å². The fraction of sp³-hybridized carbons (Fsp3) is 0.400. The van der Waals surface area contributed by atoms with Crippen molar-refractivity contribution >= 4 is 7.85 Å². The Hall–Kier alpha value is -1.34. The molecule has 0 unspecified atom stereocenters. The zero-order valence-corrected chi connectivity index (χ0v) is 8.90. The van der Waals surface area contributed by atoms with E-state index in [0.717, 1.165) is 0 Å². The van der Waals surface area contributed by atoms with Crippen LogP contribution in [0.2, 0.25) is 6.32 Å². The van der Waals surface area contributed by atoms with Gasteiger partial charge in [-0.25, -0.2) is 0 Å². The monoisotopic (exact) mass is 268 g/mol. The lowest BCUT2D eigenvalue weighted by Crippen LogP contribution is -2.11. The Bertz CT molecular complexity index is 380. The minimum absolute atomic E-state index is 0.0163. The molecule has 1 aromatic carbocycles. The Morgan fingerprint density at radius 1 is 0.889 bits per heavy atom. The van der Waals surface area contributed by atoms with Crippen LogP contribution in [0, 0.1) is 0 Å². The summed E-state index contributed by atoms with van der Waals surface area (Å²) in [5.74, 6) is -0.511. The van der Waals surface area contributed by atoms with Crippen LogP contribution < -0.4 is 4.74 Å². The molecule has 0 fully saturated rings. The van der Waals surface area contributed by atoms with Gasteiger partial charge in [0.05, 0.1) is 25.6 Å². The van der Waals surface area contributed by atoms with E-state index >= 15 is 0 Å². The molecule has 0 bridgehead atoms. The van der Waals surface area contributed by atoms with Gasteiger partial charge in [-0.05, 0) is 18.2 Å². The van der Waals surface area contributed by atoms with Crippen molar-refractivity contribution in [2.75, 3.05) is 6.61 Å². The van der Waals surface area contributed by atoms with Gasteiger partial charge in [0.2, 0.25) is 0 Å². The fourth-order valence-corrected chi connectivity index (χ4v) is 1.19. The molecule has 2 radical (unpaired) electrons. The van der Waals surface area contributed by atoms with Crippen LogP contribution in [-0.2, 0) is 12.4 Å². The number of benzene rings is 1. The molecule has 18 heavy (non-hydrogen) atoms. The van der Waals surface area contributed by atoms with Crippen LogP contribution in [0.3, 0.4) is 0 Å². The Labute approximate surface area is 100 Å². The quantitative estimate of drug-likeness (QED) is 0.600. The van der Waals surface area contributed by atoms with Crippen LogP contribution in [0.15, 0.2) is 18.2 Å². The summed E-state index contributed by atoms with van der Waals surface area (Å²) in [5, 5.41) is 0. The normalized spacial score (nSPS) is 12.6. The summed E-state index contributed by atoms with van der Waals surface area (Å²) in [6.45, 7) is -0.168. The maximum absolute atomic E-state index is 12.4. The largest absolute Gasteiger partial charge is 0.494 e. The van der Waals surface area contributed by atoms with Crippen LogP contribution in [0.25, 0.3) is 0 Å². The van der Waals surface area contributed by atoms with Crippen molar-refractivity contribution in [3.8, 4) is 5.75 Å². The predicted octanol–water partition coefficient (Wildman–Crippen LogP) is 3.69. The zero-order chi connectivity index (χ0) is 14.0. The van der Waals surface area contributed by atoms with Crippen LogP contribution in [0.5, 0.6) is 5.75 Å². The van der Waals surface area contributed by atoms with Crippen molar-refractivity contribution in [3.63, 3.8) is 0 Å². The van der Waals surface area contributed by atoms with Gasteiger partial charge in [0.15, 0.2) is 0 Å². The first-order valence-electron chi connectivity index (χ1n) is 4.77. The Balaban J connectivity index is 3.21. The van der Waals surface area contributed by atoms with E-state index in [1.54, 1.807) is 0 Å². The summed E-state index contributed by atoms with van der Waals surface area (Å²) >= 11 is 0. The van der Waals surface area contributed by atoms with Crippen LogP contribution in [-0.4, -0.2) is 14.5 Å². The van der Waals surface area contributed by atoms with Crippen molar-refractivity contribution < 1.29 is 31.1 Å². The van der Waals surface area contributed by atoms with Gasteiger partial charge in [0, 0.05) is 0 Å². The molecule has 1 aromatic rings. The summed E-state index contributed by atoms with van der Waals surface area (Å²) in [7, 11) is 5.05. The van der Waals surface area contributed by atoms with Gasteiger partial charge in [0.1, 0.15) is 5.75 Å². The van der Waals surface area contributed by atoms with Gasteiger partial charge in [-0.2, -0.15) is 26.3 Å². The number of halogens is 6.